The maximum Gasteiger partial charge on any atom is 0.337 e. The van der Waals surface area contributed by atoms with E-state index in [0.29, 0.717) is 22.4 Å². The Morgan fingerprint density at radius 2 is 1.76 bits per heavy atom. The number of fused-ring (bicyclic) bond motifs is 1. The molecule has 0 saturated carbocycles. The molecule has 0 bridgehead atoms. The van der Waals surface area contributed by atoms with Crippen LogP contribution in [-0.4, -0.2) is 25.1 Å². The summed E-state index contributed by atoms with van der Waals surface area (Å²) < 4.78 is 10.9. The monoisotopic (exact) mass is 394 g/mol. The summed E-state index contributed by atoms with van der Waals surface area (Å²) in [5.41, 5.74) is 1.75. The van der Waals surface area contributed by atoms with E-state index in [9.17, 15) is 9.59 Å². The second-order valence-corrected chi connectivity index (χ2v) is 6.98. The van der Waals surface area contributed by atoms with E-state index in [1.807, 2.05) is 38.1 Å². The van der Waals surface area contributed by atoms with Gasteiger partial charge in [0.2, 0.25) is 0 Å². The van der Waals surface area contributed by atoms with Crippen molar-refractivity contribution in [3.8, 4) is 5.75 Å². The molecule has 0 spiro atoms. The number of rotatable bonds is 7. The number of carbonyl (C=O) groups is 1. The van der Waals surface area contributed by atoms with E-state index in [2.05, 4.69) is 24.1 Å². The average Bonchev–Trinajstić information content (AvgIpc) is 2.68. The molecular weight excluding hydrogens is 368 g/mol. The Balaban J connectivity index is 1.88. The molecule has 1 heterocycles. The maximum absolute atomic E-state index is 12.8. The number of nitrogens with one attached hydrogen (secondary N) is 1. The van der Waals surface area contributed by atoms with Crippen LogP contribution in [0.15, 0.2) is 57.7 Å². The highest BCUT2D eigenvalue weighted by Crippen LogP contribution is 2.25. The Hall–Kier alpha value is -3.28. The van der Waals surface area contributed by atoms with Crippen LogP contribution in [0.3, 0.4) is 0 Å². The Bertz CT molecular complexity index is 1050. The van der Waals surface area contributed by atoms with Crippen LogP contribution in [0, 0.1) is 0 Å². The minimum absolute atomic E-state index is 0.00929. The first-order valence-corrected chi connectivity index (χ1v) is 9.82. The summed E-state index contributed by atoms with van der Waals surface area (Å²) in [6, 6.07) is 14.0. The number of amides is 1. The van der Waals surface area contributed by atoms with Crippen molar-refractivity contribution in [1.82, 2.24) is 0 Å². The summed E-state index contributed by atoms with van der Waals surface area (Å²) in [6.07, 6.45) is -0.00929. The molecule has 1 amide bonds. The predicted octanol–water partition coefficient (Wildman–Crippen LogP) is 4.68. The molecule has 0 fully saturated rings. The van der Waals surface area contributed by atoms with Gasteiger partial charge in [-0.05, 0) is 64.1 Å². The van der Waals surface area contributed by atoms with Crippen molar-refractivity contribution in [2.45, 2.75) is 33.8 Å². The summed E-state index contributed by atoms with van der Waals surface area (Å²) in [5.74, 6) is 0.219. The Morgan fingerprint density at radius 3 is 2.38 bits per heavy atom. The standard InChI is InChI=1S/C23H26N2O4/c1-5-25(6-2)17-9-7-16(8-10-17)24-23(27)20-14-22(26)29-21-13-18(28-15(3)4)11-12-19(20)21/h7-15H,5-6H2,1-4H3,(H,24,27). The molecule has 2 aromatic carbocycles. The fraction of sp³-hybridized carbons (Fsp3) is 0.304. The molecule has 0 aliphatic heterocycles. The lowest BCUT2D eigenvalue weighted by molar-refractivity contribution is 0.102. The number of carbonyl (C=O) groups excluding carboxylic acids is 1. The third-order valence-electron chi connectivity index (χ3n) is 4.59. The van der Waals surface area contributed by atoms with Crippen molar-refractivity contribution in [2.75, 3.05) is 23.3 Å². The molecule has 1 N–H and O–H groups in total. The fourth-order valence-electron chi connectivity index (χ4n) is 3.22. The van der Waals surface area contributed by atoms with Gasteiger partial charge in [0.25, 0.3) is 5.91 Å². The lowest BCUT2D eigenvalue weighted by Gasteiger charge is -2.21. The average molecular weight is 394 g/mol. The molecule has 0 unspecified atom stereocenters. The molecule has 3 rings (SSSR count). The third-order valence-corrected chi connectivity index (χ3v) is 4.59. The van der Waals surface area contributed by atoms with Crippen LogP contribution < -0.4 is 20.6 Å². The Morgan fingerprint density at radius 1 is 1.07 bits per heavy atom. The molecule has 0 radical (unpaired) electrons. The topological polar surface area (TPSA) is 71.8 Å². The highest BCUT2D eigenvalue weighted by Gasteiger charge is 2.15. The van der Waals surface area contributed by atoms with Gasteiger partial charge in [0, 0.05) is 42.0 Å². The molecule has 1 aromatic heterocycles. The van der Waals surface area contributed by atoms with Crippen LogP contribution in [-0.2, 0) is 0 Å². The number of benzene rings is 2. The van der Waals surface area contributed by atoms with E-state index in [-0.39, 0.29) is 17.6 Å². The number of hydrogen-bond acceptors (Lipinski definition) is 5. The highest BCUT2D eigenvalue weighted by atomic mass is 16.5. The number of ether oxygens (including phenoxy) is 1. The Labute approximate surface area is 170 Å². The summed E-state index contributed by atoms with van der Waals surface area (Å²) in [4.78, 5) is 27.0. The SMILES string of the molecule is CCN(CC)c1ccc(NC(=O)c2cc(=O)oc3cc(OC(C)C)ccc23)cc1. The van der Waals surface area contributed by atoms with Gasteiger partial charge >= 0.3 is 5.63 Å². The molecule has 0 aliphatic carbocycles. The lowest BCUT2D eigenvalue weighted by atomic mass is 10.1. The van der Waals surface area contributed by atoms with Crippen LogP contribution in [0.4, 0.5) is 11.4 Å². The first-order valence-electron chi connectivity index (χ1n) is 9.82. The zero-order valence-electron chi connectivity index (χ0n) is 17.2. The van der Waals surface area contributed by atoms with Crippen molar-refractivity contribution in [3.63, 3.8) is 0 Å². The molecular formula is C23H26N2O4. The molecule has 6 heteroatoms. The Kier molecular flexibility index (Phi) is 6.22. The van der Waals surface area contributed by atoms with Crippen molar-refractivity contribution in [1.29, 1.82) is 0 Å². The van der Waals surface area contributed by atoms with Gasteiger partial charge in [-0.1, -0.05) is 0 Å². The lowest BCUT2D eigenvalue weighted by Crippen LogP contribution is -2.21. The molecule has 6 nitrogen and oxygen atoms in total. The van der Waals surface area contributed by atoms with Crippen LogP contribution in [0.25, 0.3) is 11.0 Å². The van der Waals surface area contributed by atoms with Crippen molar-refractivity contribution >= 4 is 28.3 Å². The van der Waals surface area contributed by atoms with Gasteiger partial charge in [-0.15, -0.1) is 0 Å². The van der Waals surface area contributed by atoms with Gasteiger partial charge in [0.1, 0.15) is 11.3 Å². The van der Waals surface area contributed by atoms with Crippen LogP contribution in [0.2, 0.25) is 0 Å². The number of hydrogen-bond donors (Lipinski definition) is 1. The number of nitrogens with zero attached hydrogens (tertiary/aromatic N) is 1. The van der Waals surface area contributed by atoms with Crippen LogP contribution >= 0.6 is 0 Å². The molecule has 152 valence electrons. The number of anilines is 2. The van der Waals surface area contributed by atoms with E-state index >= 15 is 0 Å². The highest BCUT2D eigenvalue weighted by molar-refractivity contribution is 6.12. The smallest absolute Gasteiger partial charge is 0.337 e. The van der Waals surface area contributed by atoms with Crippen LogP contribution in [0.1, 0.15) is 38.1 Å². The minimum Gasteiger partial charge on any atom is -0.491 e. The predicted molar refractivity (Wildman–Crippen MR) is 116 cm³/mol. The van der Waals surface area contributed by atoms with Crippen LogP contribution in [0.5, 0.6) is 5.75 Å². The summed E-state index contributed by atoms with van der Waals surface area (Å²) in [6.45, 7) is 9.85. The van der Waals surface area contributed by atoms with Gasteiger partial charge < -0.3 is 19.4 Å². The summed E-state index contributed by atoms with van der Waals surface area (Å²) in [7, 11) is 0. The van der Waals surface area contributed by atoms with Gasteiger partial charge in [0.15, 0.2) is 0 Å². The van der Waals surface area contributed by atoms with E-state index < -0.39 is 5.63 Å². The first kappa shape index (κ1) is 20.5. The first-order chi connectivity index (χ1) is 13.9. The third kappa shape index (κ3) is 4.77. The maximum atomic E-state index is 12.8. The van der Waals surface area contributed by atoms with E-state index in [1.54, 1.807) is 18.2 Å². The fourth-order valence-corrected chi connectivity index (χ4v) is 3.22. The van der Waals surface area contributed by atoms with Crippen molar-refractivity contribution in [2.24, 2.45) is 0 Å². The second-order valence-electron chi connectivity index (χ2n) is 6.98. The van der Waals surface area contributed by atoms with E-state index in [4.69, 9.17) is 9.15 Å². The van der Waals surface area contributed by atoms with Gasteiger partial charge in [-0.3, -0.25) is 4.79 Å². The van der Waals surface area contributed by atoms with Gasteiger partial charge in [0.05, 0.1) is 11.7 Å². The van der Waals surface area contributed by atoms with Crippen molar-refractivity contribution in [3.05, 3.63) is 64.5 Å². The zero-order valence-corrected chi connectivity index (χ0v) is 17.2. The van der Waals surface area contributed by atoms with Gasteiger partial charge in [-0.25, -0.2) is 4.79 Å². The molecule has 0 aliphatic rings. The summed E-state index contributed by atoms with van der Waals surface area (Å²) in [5, 5.41) is 3.41. The molecule has 3 aromatic rings. The normalized spacial score (nSPS) is 10.9. The van der Waals surface area contributed by atoms with Gasteiger partial charge in [-0.2, -0.15) is 0 Å². The quantitative estimate of drug-likeness (QED) is 0.589. The zero-order chi connectivity index (χ0) is 21.0. The van der Waals surface area contributed by atoms with Crippen molar-refractivity contribution < 1.29 is 13.9 Å². The van der Waals surface area contributed by atoms with E-state index in [1.165, 1.54) is 6.07 Å². The molecule has 29 heavy (non-hydrogen) atoms. The molecule has 0 saturated heterocycles. The largest absolute Gasteiger partial charge is 0.491 e. The second kappa shape index (κ2) is 8.82. The molecule has 0 atom stereocenters. The van der Waals surface area contributed by atoms with E-state index in [0.717, 1.165) is 18.8 Å². The summed E-state index contributed by atoms with van der Waals surface area (Å²) >= 11 is 0. The minimum atomic E-state index is -0.582.